The van der Waals surface area contributed by atoms with E-state index in [9.17, 15) is 4.79 Å². The van der Waals surface area contributed by atoms with E-state index in [2.05, 4.69) is 15.6 Å². The van der Waals surface area contributed by atoms with Gasteiger partial charge in [-0.1, -0.05) is 11.3 Å². The van der Waals surface area contributed by atoms with Crippen LogP contribution in [-0.4, -0.2) is 52.2 Å². The predicted molar refractivity (Wildman–Crippen MR) is 98.7 cm³/mol. The molecule has 27 heavy (non-hydrogen) atoms. The maximum atomic E-state index is 12.7. The van der Waals surface area contributed by atoms with Crippen molar-refractivity contribution in [1.29, 1.82) is 0 Å². The standard InChI is InChI=1S/C19H25N5O3/c1-14(16-4-5-17-18(11-16)27-10-9-26-17)21-19(25)23-7-2-3-15(12-23)13-24-8-6-20-22-24/h4-6,8,11,14-15H,2-3,7,9-10,12-13H2,1H3,(H,21,25). The van der Waals surface area contributed by atoms with Crippen LogP contribution in [0.5, 0.6) is 11.5 Å². The number of hydrogen-bond acceptors (Lipinski definition) is 5. The summed E-state index contributed by atoms with van der Waals surface area (Å²) in [5.41, 5.74) is 1.00. The maximum Gasteiger partial charge on any atom is 0.317 e. The van der Waals surface area contributed by atoms with Crippen molar-refractivity contribution in [2.45, 2.75) is 32.4 Å². The van der Waals surface area contributed by atoms with Gasteiger partial charge in [0.05, 0.1) is 12.2 Å². The lowest BCUT2D eigenvalue weighted by Gasteiger charge is -2.33. The van der Waals surface area contributed by atoms with E-state index < -0.39 is 0 Å². The van der Waals surface area contributed by atoms with Crippen molar-refractivity contribution in [3.8, 4) is 11.5 Å². The molecule has 0 aliphatic carbocycles. The second kappa shape index (κ2) is 7.85. The maximum absolute atomic E-state index is 12.7. The number of benzene rings is 1. The number of carbonyl (C=O) groups is 1. The Morgan fingerprint density at radius 2 is 2.19 bits per heavy atom. The first kappa shape index (κ1) is 17.6. The Kier molecular flexibility index (Phi) is 5.13. The summed E-state index contributed by atoms with van der Waals surface area (Å²) in [6.45, 7) is 5.43. The molecule has 0 spiro atoms. The number of nitrogens with zero attached hydrogens (tertiary/aromatic N) is 4. The van der Waals surface area contributed by atoms with Crippen LogP contribution in [0.4, 0.5) is 4.79 Å². The topological polar surface area (TPSA) is 81.5 Å². The first-order chi connectivity index (χ1) is 13.2. The zero-order valence-corrected chi connectivity index (χ0v) is 15.5. The van der Waals surface area contributed by atoms with Crippen LogP contribution in [0.2, 0.25) is 0 Å². The van der Waals surface area contributed by atoms with E-state index in [0.717, 1.165) is 49.5 Å². The van der Waals surface area contributed by atoms with Gasteiger partial charge in [-0.25, -0.2) is 4.79 Å². The monoisotopic (exact) mass is 371 g/mol. The molecule has 8 heteroatoms. The minimum Gasteiger partial charge on any atom is -0.486 e. The van der Waals surface area contributed by atoms with Gasteiger partial charge in [-0.2, -0.15) is 0 Å². The molecule has 1 saturated heterocycles. The number of amides is 2. The Labute approximate surface area is 158 Å². The molecule has 2 aromatic rings. The Hall–Kier alpha value is -2.77. The van der Waals surface area contributed by atoms with E-state index in [0.29, 0.717) is 19.1 Å². The summed E-state index contributed by atoms with van der Waals surface area (Å²) >= 11 is 0. The van der Waals surface area contributed by atoms with Crippen LogP contribution in [0.25, 0.3) is 0 Å². The van der Waals surface area contributed by atoms with Crippen molar-refractivity contribution in [2.24, 2.45) is 5.92 Å². The summed E-state index contributed by atoms with van der Waals surface area (Å²) in [5.74, 6) is 1.90. The molecule has 3 heterocycles. The zero-order chi connectivity index (χ0) is 18.6. The summed E-state index contributed by atoms with van der Waals surface area (Å²) in [6.07, 6.45) is 5.65. The second-order valence-electron chi connectivity index (χ2n) is 7.15. The molecule has 2 unspecified atom stereocenters. The van der Waals surface area contributed by atoms with Crippen molar-refractivity contribution in [3.05, 3.63) is 36.2 Å². The minimum absolute atomic E-state index is 0.0271. The predicted octanol–water partition coefficient (Wildman–Crippen LogP) is 2.23. The molecular formula is C19H25N5O3. The summed E-state index contributed by atoms with van der Waals surface area (Å²) in [5, 5.41) is 11.0. The highest BCUT2D eigenvalue weighted by Gasteiger charge is 2.25. The largest absolute Gasteiger partial charge is 0.486 e. The van der Waals surface area contributed by atoms with Crippen molar-refractivity contribution < 1.29 is 14.3 Å². The number of likely N-dealkylation sites (tertiary alicyclic amines) is 1. The third kappa shape index (κ3) is 4.15. The molecule has 0 bridgehead atoms. The second-order valence-corrected chi connectivity index (χ2v) is 7.15. The number of rotatable bonds is 4. The van der Waals surface area contributed by atoms with Gasteiger partial charge in [-0.3, -0.25) is 4.68 Å². The summed E-state index contributed by atoms with van der Waals surface area (Å²) in [7, 11) is 0. The van der Waals surface area contributed by atoms with Gasteiger partial charge < -0.3 is 19.7 Å². The van der Waals surface area contributed by atoms with Gasteiger partial charge >= 0.3 is 6.03 Å². The lowest BCUT2D eigenvalue weighted by Crippen LogP contribution is -2.46. The number of aromatic nitrogens is 3. The Balaban J connectivity index is 1.35. The number of ether oxygens (including phenoxy) is 2. The minimum atomic E-state index is -0.107. The average Bonchev–Trinajstić information content (AvgIpc) is 3.20. The van der Waals surface area contributed by atoms with Crippen LogP contribution in [0.3, 0.4) is 0 Å². The molecule has 0 saturated carbocycles. The molecule has 2 aliphatic rings. The average molecular weight is 371 g/mol. The molecule has 1 N–H and O–H groups in total. The van der Waals surface area contributed by atoms with Crippen LogP contribution >= 0.6 is 0 Å². The van der Waals surface area contributed by atoms with Crippen LogP contribution in [0.15, 0.2) is 30.6 Å². The van der Waals surface area contributed by atoms with Crippen LogP contribution in [0, 0.1) is 5.92 Å². The molecule has 2 aliphatic heterocycles. The number of urea groups is 1. The third-order valence-corrected chi connectivity index (χ3v) is 5.13. The van der Waals surface area contributed by atoms with Crippen molar-refractivity contribution in [1.82, 2.24) is 25.2 Å². The van der Waals surface area contributed by atoms with Gasteiger partial charge in [-0.15, -0.1) is 5.10 Å². The Morgan fingerprint density at radius 1 is 1.33 bits per heavy atom. The highest BCUT2D eigenvalue weighted by Crippen LogP contribution is 2.32. The van der Waals surface area contributed by atoms with E-state index in [4.69, 9.17) is 9.47 Å². The first-order valence-electron chi connectivity index (χ1n) is 9.48. The molecule has 0 radical (unpaired) electrons. The molecule has 1 aromatic carbocycles. The van der Waals surface area contributed by atoms with E-state index in [1.165, 1.54) is 0 Å². The SMILES string of the molecule is CC(NC(=O)N1CCCC(Cn2ccnn2)C1)c1ccc2c(c1)OCCO2. The van der Waals surface area contributed by atoms with Gasteiger partial charge in [0, 0.05) is 25.8 Å². The van der Waals surface area contributed by atoms with Gasteiger partial charge in [0.1, 0.15) is 13.2 Å². The van der Waals surface area contributed by atoms with Crippen molar-refractivity contribution in [2.75, 3.05) is 26.3 Å². The molecule has 2 amide bonds. The fourth-order valence-corrected chi connectivity index (χ4v) is 3.68. The lowest BCUT2D eigenvalue weighted by atomic mass is 9.98. The highest BCUT2D eigenvalue weighted by molar-refractivity contribution is 5.74. The molecular weight excluding hydrogens is 346 g/mol. The lowest BCUT2D eigenvalue weighted by molar-refractivity contribution is 0.155. The van der Waals surface area contributed by atoms with E-state index in [1.807, 2.05) is 40.9 Å². The Bertz CT molecular complexity index is 780. The number of piperidine rings is 1. The van der Waals surface area contributed by atoms with Gasteiger partial charge in [0.15, 0.2) is 11.5 Å². The number of fused-ring (bicyclic) bond motifs is 1. The van der Waals surface area contributed by atoms with Crippen molar-refractivity contribution >= 4 is 6.03 Å². The summed E-state index contributed by atoms with van der Waals surface area (Å²) in [4.78, 5) is 14.6. The molecule has 1 fully saturated rings. The fourth-order valence-electron chi connectivity index (χ4n) is 3.68. The third-order valence-electron chi connectivity index (χ3n) is 5.13. The molecule has 2 atom stereocenters. The van der Waals surface area contributed by atoms with Crippen LogP contribution in [-0.2, 0) is 6.54 Å². The van der Waals surface area contributed by atoms with Crippen LogP contribution < -0.4 is 14.8 Å². The zero-order valence-electron chi connectivity index (χ0n) is 15.5. The van der Waals surface area contributed by atoms with Crippen molar-refractivity contribution in [3.63, 3.8) is 0 Å². The molecule has 144 valence electrons. The van der Waals surface area contributed by atoms with E-state index in [-0.39, 0.29) is 12.1 Å². The normalized spacial score (nSPS) is 20.2. The Morgan fingerprint density at radius 3 is 3.00 bits per heavy atom. The first-order valence-corrected chi connectivity index (χ1v) is 9.48. The summed E-state index contributed by atoms with van der Waals surface area (Å²) in [6, 6.07) is 5.69. The quantitative estimate of drug-likeness (QED) is 0.891. The van der Waals surface area contributed by atoms with Gasteiger partial charge in [0.25, 0.3) is 0 Å². The van der Waals surface area contributed by atoms with Gasteiger partial charge in [-0.05, 0) is 43.4 Å². The number of nitrogens with one attached hydrogen (secondary N) is 1. The van der Waals surface area contributed by atoms with E-state index in [1.54, 1.807) is 6.20 Å². The molecule has 1 aromatic heterocycles. The molecule has 8 nitrogen and oxygen atoms in total. The smallest absolute Gasteiger partial charge is 0.317 e. The van der Waals surface area contributed by atoms with E-state index >= 15 is 0 Å². The molecule has 4 rings (SSSR count). The van der Waals surface area contributed by atoms with Gasteiger partial charge in [0.2, 0.25) is 0 Å². The number of carbonyl (C=O) groups excluding carboxylic acids is 1. The highest BCUT2D eigenvalue weighted by atomic mass is 16.6. The number of hydrogen-bond donors (Lipinski definition) is 1. The van der Waals surface area contributed by atoms with Crippen LogP contribution in [0.1, 0.15) is 31.4 Å². The fraction of sp³-hybridized carbons (Fsp3) is 0.526. The summed E-state index contributed by atoms with van der Waals surface area (Å²) < 4.78 is 13.0.